The molecular formula is C21H19BrCl2N4O2S. The Hall–Kier alpha value is -2.00. The maximum absolute atomic E-state index is 12.3. The van der Waals surface area contributed by atoms with Gasteiger partial charge in [0.05, 0.1) is 10.8 Å². The molecule has 0 saturated heterocycles. The van der Waals surface area contributed by atoms with Crippen LogP contribution in [0.4, 0.5) is 5.69 Å². The number of ether oxygens (including phenoxy) is 1. The van der Waals surface area contributed by atoms with Crippen LogP contribution in [0, 0.1) is 0 Å². The van der Waals surface area contributed by atoms with Gasteiger partial charge in [0, 0.05) is 21.7 Å². The number of hydrogen-bond acceptors (Lipinski definition) is 5. The average Bonchev–Trinajstić information content (AvgIpc) is 3.13. The molecule has 2 aromatic carbocycles. The van der Waals surface area contributed by atoms with Gasteiger partial charge in [-0.3, -0.25) is 9.36 Å². The van der Waals surface area contributed by atoms with Crippen LogP contribution < -0.4 is 10.1 Å². The highest BCUT2D eigenvalue weighted by Gasteiger charge is 2.20. The van der Waals surface area contributed by atoms with Crippen molar-refractivity contribution in [2.24, 2.45) is 0 Å². The van der Waals surface area contributed by atoms with Crippen molar-refractivity contribution in [1.29, 1.82) is 0 Å². The lowest BCUT2D eigenvalue weighted by Gasteiger charge is -2.16. The highest BCUT2D eigenvalue weighted by atomic mass is 79.9. The Balaban J connectivity index is 1.68. The van der Waals surface area contributed by atoms with Crippen molar-refractivity contribution in [3.8, 4) is 5.75 Å². The third-order valence-electron chi connectivity index (χ3n) is 4.08. The minimum atomic E-state index is -0.433. The minimum absolute atomic E-state index is 0.140. The molecule has 0 aliphatic carbocycles. The van der Waals surface area contributed by atoms with E-state index in [4.69, 9.17) is 27.9 Å². The van der Waals surface area contributed by atoms with E-state index in [1.807, 2.05) is 35.8 Å². The van der Waals surface area contributed by atoms with E-state index in [1.165, 1.54) is 11.8 Å². The molecule has 10 heteroatoms. The first-order valence-electron chi connectivity index (χ1n) is 9.21. The van der Waals surface area contributed by atoms with E-state index in [2.05, 4.69) is 38.0 Å². The zero-order valence-electron chi connectivity index (χ0n) is 16.5. The number of carbonyl (C=O) groups is 1. The summed E-state index contributed by atoms with van der Waals surface area (Å²) in [6, 6.07) is 12.4. The van der Waals surface area contributed by atoms with Crippen molar-refractivity contribution in [3.63, 3.8) is 0 Å². The molecular weight excluding hydrogens is 523 g/mol. The predicted octanol–water partition coefficient (Wildman–Crippen LogP) is 6.40. The van der Waals surface area contributed by atoms with E-state index in [0.717, 1.165) is 10.2 Å². The lowest BCUT2D eigenvalue weighted by atomic mass is 10.3. The van der Waals surface area contributed by atoms with Gasteiger partial charge in [-0.2, -0.15) is 0 Å². The summed E-state index contributed by atoms with van der Waals surface area (Å²) in [5.41, 5.74) is 0.726. The first-order valence-corrected chi connectivity index (χ1v) is 11.7. The van der Waals surface area contributed by atoms with Crippen molar-refractivity contribution in [3.05, 3.63) is 75.5 Å². The van der Waals surface area contributed by atoms with E-state index in [-0.39, 0.29) is 11.7 Å². The van der Waals surface area contributed by atoms with E-state index >= 15 is 0 Å². The fraction of sp³-hybridized carbons (Fsp3) is 0.190. The fourth-order valence-electron chi connectivity index (χ4n) is 2.68. The zero-order chi connectivity index (χ0) is 22.4. The monoisotopic (exact) mass is 540 g/mol. The Morgan fingerprint density at radius 3 is 2.71 bits per heavy atom. The molecule has 1 unspecified atom stereocenters. The maximum Gasteiger partial charge on any atom is 0.234 e. The first kappa shape index (κ1) is 23.7. The molecule has 0 saturated carbocycles. The second-order valence-corrected chi connectivity index (χ2v) is 9.12. The maximum atomic E-state index is 12.3. The van der Waals surface area contributed by atoms with Crippen molar-refractivity contribution in [2.45, 2.75) is 24.7 Å². The predicted molar refractivity (Wildman–Crippen MR) is 129 cm³/mol. The second kappa shape index (κ2) is 11.0. The number of carbonyl (C=O) groups excluding carboxylic acids is 1. The smallest absolute Gasteiger partial charge is 0.234 e. The Bertz CT molecular complexity index is 1080. The quantitative estimate of drug-likeness (QED) is 0.250. The number of aromatic nitrogens is 3. The van der Waals surface area contributed by atoms with Crippen LogP contribution >= 0.6 is 50.9 Å². The van der Waals surface area contributed by atoms with Crippen molar-refractivity contribution >= 4 is 62.5 Å². The molecule has 31 heavy (non-hydrogen) atoms. The normalized spacial score (nSPS) is 11.7. The van der Waals surface area contributed by atoms with Gasteiger partial charge in [0.25, 0.3) is 0 Å². The zero-order valence-corrected chi connectivity index (χ0v) is 20.4. The van der Waals surface area contributed by atoms with Crippen molar-refractivity contribution in [1.82, 2.24) is 14.8 Å². The lowest BCUT2D eigenvalue weighted by molar-refractivity contribution is -0.113. The van der Waals surface area contributed by atoms with Crippen LogP contribution in [0.5, 0.6) is 5.75 Å². The topological polar surface area (TPSA) is 69.0 Å². The van der Waals surface area contributed by atoms with Gasteiger partial charge in [0.2, 0.25) is 5.91 Å². The van der Waals surface area contributed by atoms with Crippen LogP contribution in [-0.4, -0.2) is 26.4 Å². The summed E-state index contributed by atoms with van der Waals surface area (Å²) in [7, 11) is 0. The molecule has 1 atom stereocenters. The molecule has 0 spiro atoms. The number of thioether (sulfide) groups is 1. The van der Waals surface area contributed by atoms with Crippen LogP contribution in [0.3, 0.4) is 0 Å². The molecule has 1 aromatic heterocycles. The molecule has 1 heterocycles. The summed E-state index contributed by atoms with van der Waals surface area (Å²) in [6.45, 7) is 6.12. The summed E-state index contributed by atoms with van der Waals surface area (Å²) in [5, 5.41) is 12.9. The van der Waals surface area contributed by atoms with Gasteiger partial charge in [-0.05, 0) is 49.4 Å². The Morgan fingerprint density at radius 1 is 1.29 bits per heavy atom. The molecule has 0 fully saturated rings. The number of benzene rings is 2. The molecule has 0 bridgehead atoms. The molecule has 0 aliphatic rings. The largest absolute Gasteiger partial charge is 0.481 e. The highest BCUT2D eigenvalue weighted by Crippen LogP contribution is 2.31. The summed E-state index contributed by atoms with van der Waals surface area (Å²) in [6.07, 6.45) is 1.30. The van der Waals surface area contributed by atoms with Gasteiger partial charge < -0.3 is 10.1 Å². The van der Waals surface area contributed by atoms with Crippen LogP contribution in [0.25, 0.3) is 0 Å². The summed E-state index contributed by atoms with van der Waals surface area (Å²) >= 11 is 16.8. The van der Waals surface area contributed by atoms with E-state index < -0.39 is 6.10 Å². The molecule has 162 valence electrons. The van der Waals surface area contributed by atoms with Gasteiger partial charge >= 0.3 is 0 Å². The number of anilines is 1. The van der Waals surface area contributed by atoms with E-state index in [0.29, 0.717) is 33.3 Å². The Kier molecular flexibility index (Phi) is 8.43. The second-order valence-electron chi connectivity index (χ2n) is 6.42. The van der Waals surface area contributed by atoms with Gasteiger partial charge in [-0.25, -0.2) is 0 Å². The number of rotatable bonds is 9. The van der Waals surface area contributed by atoms with Crippen molar-refractivity contribution < 1.29 is 9.53 Å². The fourth-order valence-corrected chi connectivity index (χ4v) is 4.15. The van der Waals surface area contributed by atoms with Crippen molar-refractivity contribution in [2.75, 3.05) is 11.1 Å². The Labute approximate surface area is 203 Å². The minimum Gasteiger partial charge on any atom is -0.481 e. The number of hydrogen-bond donors (Lipinski definition) is 1. The number of nitrogens with zero attached hydrogens (tertiary/aromatic N) is 3. The molecule has 1 N–H and O–H groups in total. The van der Waals surface area contributed by atoms with Gasteiger partial charge in [0.1, 0.15) is 5.75 Å². The average molecular weight is 542 g/mol. The molecule has 1 amide bonds. The van der Waals surface area contributed by atoms with E-state index in [9.17, 15) is 4.79 Å². The Morgan fingerprint density at radius 2 is 2.03 bits per heavy atom. The van der Waals surface area contributed by atoms with Crippen LogP contribution in [-0.2, 0) is 11.3 Å². The van der Waals surface area contributed by atoms with E-state index in [1.54, 1.807) is 24.3 Å². The summed E-state index contributed by atoms with van der Waals surface area (Å²) < 4.78 is 8.77. The number of nitrogens with one attached hydrogen (secondary N) is 1. The molecule has 3 aromatic rings. The highest BCUT2D eigenvalue weighted by molar-refractivity contribution is 9.10. The lowest BCUT2D eigenvalue weighted by Crippen LogP contribution is -2.15. The SMILES string of the molecule is C=CCn1c(SCC(=O)Nc2ccc(Br)cc2)nnc1C(C)Oc1ccc(Cl)cc1Cl. The van der Waals surface area contributed by atoms with Gasteiger partial charge in [-0.15, -0.1) is 16.8 Å². The summed E-state index contributed by atoms with van der Waals surface area (Å²) in [5.74, 6) is 1.14. The number of amides is 1. The molecule has 0 radical (unpaired) electrons. The third-order valence-corrected chi connectivity index (χ3v) is 6.10. The summed E-state index contributed by atoms with van der Waals surface area (Å²) in [4.78, 5) is 12.3. The number of halogens is 3. The van der Waals surface area contributed by atoms with Gasteiger partial charge in [0.15, 0.2) is 17.1 Å². The third kappa shape index (κ3) is 6.49. The first-order chi connectivity index (χ1) is 14.9. The van der Waals surface area contributed by atoms with Crippen LogP contribution in [0.2, 0.25) is 10.0 Å². The number of allylic oxidation sites excluding steroid dienone is 1. The standard InChI is InChI=1S/C21H19BrCl2N4O2S/c1-3-10-28-20(13(2)30-18-9-6-15(23)11-17(18)24)26-27-21(28)31-12-19(29)25-16-7-4-14(22)5-8-16/h3-9,11,13H,1,10,12H2,2H3,(H,25,29). The molecule has 6 nitrogen and oxygen atoms in total. The van der Waals surface area contributed by atoms with Crippen LogP contribution in [0.1, 0.15) is 18.9 Å². The molecule has 3 rings (SSSR count). The molecule has 0 aliphatic heterocycles. The van der Waals surface area contributed by atoms with Gasteiger partial charge in [-0.1, -0.05) is 57.0 Å². The van der Waals surface area contributed by atoms with Crippen LogP contribution in [0.15, 0.2) is 64.7 Å².